The third kappa shape index (κ3) is 3.01. The van der Waals surface area contributed by atoms with E-state index in [1.54, 1.807) is 25.3 Å². The maximum absolute atomic E-state index is 12.1. The van der Waals surface area contributed by atoms with Crippen LogP contribution in [0.1, 0.15) is 18.4 Å². The average molecular weight is 249 g/mol. The minimum atomic E-state index is 0.0750. The number of methoxy groups -OCH3 is 1. The number of likely N-dealkylation sites (tertiary alicyclic amines) is 1. The molecular weight excluding hydrogens is 230 g/mol. The van der Waals surface area contributed by atoms with Crippen molar-refractivity contribution < 1.29 is 14.6 Å². The number of para-hydroxylation sites is 1. The molecule has 4 nitrogen and oxygen atoms in total. The summed E-state index contributed by atoms with van der Waals surface area (Å²) in [6.07, 6.45) is 2.33. The van der Waals surface area contributed by atoms with Crippen LogP contribution >= 0.6 is 0 Å². The van der Waals surface area contributed by atoms with Crippen molar-refractivity contribution in [2.45, 2.75) is 25.4 Å². The van der Waals surface area contributed by atoms with Gasteiger partial charge in [-0.15, -0.1) is 0 Å². The van der Waals surface area contributed by atoms with Gasteiger partial charge in [-0.2, -0.15) is 0 Å². The standard InChI is InChI=1S/C14H19NO3/c1-18-12-6-8-15(9-7-12)14(17)10-11-4-2-3-5-13(11)16/h2-5,12,16H,6-10H2,1H3. The number of piperidine rings is 1. The van der Waals surface area contributed by atoms with Gasteiger partial charge in [-0.3, -0.25) is 4.79 Å². The first-order valence-corrected chi connectivity index (χ1v) is 6.28. The van der Waals surface area contributed by atoms with Gasteiger partial charge in [-0.25, -0.2) is 0 Å². The summed E-state index contributed by atoms with van der Waals surface area (Å²) in [5, 5.41) is 9.65. The number of benzene rings is 1. The summed E-state index contributed by atoms with van der Waals surface area (Å²) >= 11 is 0. The second kappa shape index (κ2) is 5.87. The number of rotatable bonds is 3. The molecule has 1 fully saturated rings. The van der Waals surface area contributed by atoms with Crippen molar-refractivity contribution in [1.29, 1.82) is 0 Å². The second-order valence-corrected chi connectivity index (χ2v) is 4.62. The predicted octanol–water partition coefficient (Wildman–Crippen LogP) is 1.57. The van der Waals surface area contributed by atoms with E-state index in [0.717, 1.165) is 25.9 Å². The topological polar surface area (TPSA) is 49.8 Å². The monoisotopic (exact) mass is 249 g/mol. The maximum Gasteiger partial charge on any atom is 0.227 e. The van der Waals surface area contributed by atoms with E-state index in [1.807, 2.05) is 11.0 Å². The zero-order valence-electron chi connectivity index (χ0n) is 10.6. The number of hydrogen-bond acceptors (Lipinski definition) is 3. The van der Waals surface area contributed by atoms with Crippen molar-refractivity contribution in [3.8, 4) is 5.75 Å². The molecule has 1 saturated heterocycles. The molecule has 0 atom stereocenters. The lowest BCUT2D eigenvalue weighted by Gasteiger charge is -2.31. The highest BCUT2D eigenvalue weighted by molar-refractivity contribution is 5.79. The molecule has 1 aromatic carbocycles. The van der Waals surface area contributed by atoms with Gasteiger partial charge < -0.3 is 14.7 Å². The van der Waals surface area contributed by atoms with Gasteiger partial charge in [0.15, 0.2) is 0 Å². The largest absolute Gasteiger partial charge is 0.508 e. The van der Waals surface area contributed by atoms with Gasteiger partial charge in [0.1, 0.15) is 5.75 Å². The molecule has 0 bridgehead atoms. The fourth-order valence-electron chi connectivity index (χ4n) is 2.28. The van der Waals surface area contributed by atoms with Crippen molar-refractivity contribution in [3.05, 3.63) is 29.8 Å². The number of carbonyl (C=O) groups excluding carboxylic acids is 1. The molecule has 1 amide bonds. The van der Waals surface area contributed by atoms with Crippen molar-refractivity contribution in [1.82, 2.24) is 4.90 Å². The smallest absolute Gasteiger partial charge is 0.227 e. The Morgan fingerprint density at radius 3 is 2.67 bits per heavy atom. The highest BCUT2D eigenvalue weighted by Crippen LogP contribution is 2.19. The van der Waals surface area contributed by atoms with E-state index in [9.17, 15) is 9.90 Å². The number of amides is 1. The molecule has 98 valence electrons. The van der Waals surface area contributed by atoms with E-state index in [2.05, 4.69) is 0 Å². The number of phenols is 1. The molecule has 1 N–H and O–H groups in total. The Labute approximate surface area is 107 Å². The third-order valence-electron chi connectivity index (χ3n) is 3.46. The van der Waals surface area contributed by atoms with Crippen molar-refractivity contribution in [3.63, 3.8) is 0 Å². The molecule has 1 heterocycles. The van der Waals surface area contributed by atoms with E-state index in [-0.39, 0.29) is 24.2 Å². The van der Waals surface area contributed by atoms with Crippen LogP contribution in [0.5, 0.6) is 5.75 Å². The summed E-state index contributed by atoms with van der Waals surface area (Å²) < 4.78 is 5.28. The van der Waals surface area contributed by atoms with E-state index in [0.29, 0.717) is 5.56 Å². The SMILES string of the molecule is COC1CCN(C(=O)Cc2ccccc2O)CC1. The van der Waals surface area contributed by atoms with Gasteiger partial charge in [0, 0.05) is 25.8 Å². The van der Waals surface area contributed by atoms with E-state index >= 15 is 0 Å². The lowest BCUT2D eigenvalue weighted by atomic mass is 10.1. The first-order valence-electron chi connectivity index (χ1n) is 6.28. The minimum Gasteiger partial charge on any atom is -0.508 e. The van der Waals surface area contributed by atoms with Gasteiger partial charge in [0.25, 0.3) is 0 Å². The van der Waals surface area contributed by atoms with Crippen LogP contribution in [0.3, 0.4) is 0 Å². The first kappa shape index (κ1) is 12.9. The van der Waals surface area contributed by atoms with Crippen LogP contribution in [-0.4, -0.2) is 42.2 Å². The molecule has 1 aliphatic heterocycles. The fraction of sp³-hybridized carbons (Fsp3) is 0.500. The Balaban J connectivity index is 1.91. The molecule has 2 rings (SSSR count). The van der Waals surface area contributed by atoms with Crippen molar-refractivity contribution >= 4 is 5.91 Å². The van der Waals surface area contributed by atoms with Crippen molar-refractivity contribution in [2.24, 2.45) is 0 Å². The Bertz CT molecular complexity index is 411. The lowest BCUT2D eigenvalue weighted by molar-refractivity contribution is -0.132. The Morgan fingerprint density at radius 1 is 1.39 bits per heavy atom. The Hall–Kier alpha value is -1.55. The molecule has 0 saturated carbocycles. The summed E-state index contributed by atoms with van der Waals surface area (Å²) in [5.74, 6) is 0.267. The Morgan fingerprint density at radius 2 is 2.06 bits per heavy atom. The highest BCUT2D eigenvalue weighted by Gasteiger charge is 2.22. The summed E-state index contributed by atoms with van der Waals surface area (Å²) in [5.41, 5.74) is 0.691. The molecule has 0 aliphatic carbocycles. The quantitative estimate of drug-likeness (QED) is 0.884. The van der Waals surface area contributed by atoms with E-state index in [1.165, 1.54) is 0 Å². The molecular formula is C14H19NO3. The highest BCUT2D eigenvalue weighted by atomic mass is 16.5. The number of ether oxygens (including phenoxy) is 1. The molecule has 18 heavy (non-hydrogen) atoms. The van der Waals surface area contributed by atoms with Crippen LogP contribution < -0.4 is 0 Å². The normalized spacial score (nSPS) is 16.8. The summed E-state index contributed by atoms with van der Waals surface area (Å²) in [7, 11) is 1.71. The number of aromatic hydroxyl groups is 1. The summed E-state index contributed by atoms with van der Waals surface area (Å²) in [6.45, 7) is 1.48. The van der Waals surface area contributed by atoms with Gasteiger partial charge in [0.2, 0.25) is 5.91 Å². The summed E-state index contributed by atoms with van der Waals surface area (Å²) in [4.78, 5) is 13.9. The zero-order valence-corrected chi connectivity index (χ0v) is 10.6. The van der Waals surface area contributed by atoms with Gasteiger partial charge in [0.05, 0.1) is 12.5 Å². The minimum absolute atomic E-state index is 0.0750. The molecule has 4 heteroatoms. The molecule has 0 spiro atoms. The molecule has 0 aromatic heterocycles. The summed E-state index contributed by atoms with van der Waals surface area (Å²) in [6, 6.07) is 6.99. The lowest BCUT2D eigenvalue weighted by Crippen LogP contribution is -2.41. The molecule has 0 radical (unpaired) electrons. The first-order chi connectivity index (χ1) is 8.70. The Kier molecular flexibility index (Phi) is 4.20. The van der Waals surface area contributed by atoms with E-state index < -0.39 is 0 Å². The zero-order chi connectivity index (χ0) is 13.0. The van der Waals surface area contributed by atoms with Crippen molar-refractivity contribution in [2.75, 3.05) is 20.2 Å². The average Bonchev–Trinajstić information content (AvgIpc) is 2.41. The third-order valence-corrected chi connectivity index (χ3v) is 3.46. The van der Waals surface area contributed by atoms with Crippen LogP contribution in [-0.2, 0) is 16.0 Å². The molecule has 1 aliphatic rings. The van der Waals surface area contributed by atoms with Crippen LogP contribution in [0.15, 0.2) is 24.3 Å². The van der Waals surface area contributed by atoms with Crippen LogP contribution in [0.4, 0.5) is 0 Å². The predicted molar refractivity (Wildman–Crippen MR) is 68.4 cm³/mol. The van der Waals surface area contributed by atoms with Crippen LogP contribution in [0, 0.1) is 0 Å². The van der Waals surface area contributed by atoms with Gasteiger partial charge in [-0.1, -0.05) is 18.2 Å². The number of carbonyl (C=O) groups is 1. The second-order valence-electron chi connectivity index (χ2n) is 4.62. The number of hydrogen-bond donors (Lipinski definition) is 1. The number of nitrogens with zero attached hydrogens (tertiary/aromatic N) is 1. The van der Waals surface area contributed by atoms with Crippen LogP contribution in [0.25, 0.3) is 0 Å². The maximum atomic E-state index is 12.1. The molecule has 1 aromatic rings. The van der Waals surface area contributed by atoms with Gasteiger partial charge >= 0.3 is 0 Å². The number of phenolic OH excluding ortho intramolecular Hbond substituents is 1. The van der Waals surface area contributed by atoms with E-state index in [4.69, 9.17) is 4.74 Å². The van der Waals surface area contributed by atoms with Gasteiger partial charge in [-0.05, 0) is 18.9 Å². The van der Waals surface area contributed by atoms with Crippen LogP contribution in [0.2, 0.25) is 0 Å². The fourth-order valence-corrected chi connectivity index (χ4v) is 2.28. The molecule has 0 unspecified atom stereocenters.